The molecule has 1 amide bonds. The van der Waals surface area contributed by atoms with Crippen LogP contribution in [0.25, 0.3) is 0 Å². The highest BCUT2D eigenvalue weighted by Gasteiger charge is 2.43. The minimum Gasteiger partial charge on any atom is -0.380 e. The Bertz CT molecular complexity index is 1960. The van der Waals surface area contributed by atoms with Crippen LogP contribution in [-0.2, 0) is 5.41 Å². The highest BCUT2D eigenvalue weighted by atomic mass is 16.1. The maximum Gasteiger partial charge on any atom is 0.250 e. The number of rotatable bonds is 17. The van der Waals surface area contributed by atoms with Crippen LogP contribution in [0.1, 0.15) is 120 Å². The molecule has 0 fully saturated rings. The number of carbonyl (C=O) groups excluding carboxylic acids is 2. The Morgan fingerprint density at radius 2 is 1.19 bits per heavy atom. The van der Waals surface area contributed by atoms with Crippen molar-refractivity contribution in [1.29, 1.82) is 5.26 Å². The zero-order valence-electron chi connectivity index (χ0n) is 32.8. The van der Waals surface area contributed by atoms with E-state index >= 15 is 0 Å². The molecule has 0 saturated heterocycles. The van der Waals surface area contributed by atoms with Crippen LogP contribution < -0.4 is 32.7 Å². The number of Topliss-reactive ketones (excluding diaryl/α,β-unsaturated/α-hetero) is 1. The second-order valence-electron chi connectivity index (χ2n) is 15.4. The second-order valence-corrected chi connectivity index (χ2v) is 15.4. The third-order valence-corrected chi connectivity index (χ3v) is 11.3. The molecule has 0 aromatic heterocycles. The smallest absolute Gasteiger partial charge is 0.250 e. The number of hydrogen-bond donors (Lipinski definition) is 6. The van der Waals surface area contributed by atoms with Gasteiger partial charge in [-0.1, -0.05) is 46.8 Å². The van der Waals surface area contributed by atoms with Crippen molar-refractivity contribution in [1.82, 2.24) is 0 Å². The van der Waals surface area contributed by atoms with Crippen molar-refractivity contribution in [3.8, 4) is 6.07 Å². The Morgan fingerprint density at radius 1 is 0.660 bits per heavy atom. The molecule has 0 aliphatic heterocycles. The normalized spacial score (nSPS) is 14.8. The molecule has 9 nitrogen and oxygen atoms in total. The number of nitrogens with two attached hydrogens (primary N) is 2. The third-order valence-electron chi connectivity index (χ3n) is 11.3. The molecule has 4 aromatic carbocycles. The number of nitriles is 1. The van der Waals surface area contributed by atoms with Gasteiger partial charge in [-0.25, -0.2) is 0 Å². The third kappa shape index (κ3) is 9.01. The van der Waals surface area contributed by atoms with Crippen molar-refractivity contribution in [2.45, 2.75) is 110 Å². The molecular formula is C44H57N7O2. The maximum absolute atomic E-state index is 12.8. The topological polar surface area (TPSA) is 158 Å². The number of carbonyl (C=O) groups is 2. The summed E-state index contributed by atoms with van der Waals surface area (Å²) in [6, 6.07) is 29.3. The predicted molar refractivity (Wildman–Crippen MR) is 221 cm³/mol. The SMILES string of the molecule is CCC(C)(C)Nc1ccc(Nc2ccc(C(C)(CC)C(C)(CC)Nc3ccc(Nc4ccc(C(=O)C(C)(N)CC)cc4)c(C#N)c3)cc2)c(C(N)=O)c1. The fraction of sp³-hybridized carbons (Fsp3) is 0.386. The number of ketones is 1. The van der Waals surface area contributed by atoms with Crippen LogP contribution in [0.2, 0.25) is 0 Å². The van der Waals surface area contributed by atoms with E-state index < -0.39 is 11.4 Å². The van der Waals surface area contributed by atoms with Gasteiger partial charge in [0.15, 0.2) is 5.78 Å². The van der Waals surface area contributed by atoms with Gasteiger partial charge >= 0.3 is 0 Å². The molecule has 4 aromatic rings. The number of nitrogens with one attached hydrogen (secondary N) is 4. The molecule has 4 rings (SSSR count). The van der Waals surface area contributed by atoms with Crippen molar-refractivity contribution in [3.63, 3.8) is 0 Å². The molecule has 3 unspecified atom stereocenters. The lowest BCUT2D eigenvalue weighted by Crippen LogP contribution is -2.52. The van der Waals surface area contributed by atoms with Crippen molar-refractivity contribution < 1.29 is 9.59 Å². The van der Waals surface area contributed by atoms with E-state index in [9.17, 15) is 14.9 Å². The Morgan fingerprint density at radius 3 is 1.70 bits per heavy atom. The van der Waals surface area contributed by atoms with Crippen molar-refractivity contribution in [2.24, 2.45) is 11.5 Å². The summed E-state index contributed by atoms with van der Waals surface area (Å²) in [5, 5.41) is 24.1. The average molecular weight is 716 g/mol. The fourth-order valence-electron chi connectivity index (χ4n) is 6.51. The first-order valence-electron chi connectivity index (χ1n) is 18.6. The van der Waals surface area contributed by atoms with E-state index in [2.05, 4.69) is 87.9 Å². The summed E-state index contributed by atoms with van der Waals surface area (Å²) in [6.07, 6.45) is 3.15. The Balaban J connectivity index is 1.54. The average Bonchev–Trinajstić information content (AvgIpc) is 3.15. The molecule has 280 valence electrons. The summed E-state index contributed by atoms with van der Waals surface area (Å²) in [6.45, 7) is 18.8. The van der Waals surface area contributed by atoms with E-state index in [-0.39, 0.29) is 22.3 Å². The number of benzene rings is 4. The van der Waals surface area contributed by atoms with Gasteiger partial charge < -0.3 is 32.7 Å². The molecule has 9 heteroatoms. The van der Waals surface area contributed by atoms with Gasteiger partial charge in [0.05, 0.1) is 28.0 Å². The summed E-state index contributed by atoms with van der Waals surface area (Å²) in [7, 11) is 0. The zero-order chi connectivity index (χ0) is 39.2. The lowest BCUT2D eigenvalue weighted by molar-refractivity contribution is 0.0897. The molecular weight excluding hydrogens is 659 g/mol. The van der Waals surface area contributed by atoms with Gasteiger partial charge in [0.1, 0.15) is 6.07 Å². The van der Waals surface area contributed by atoms with E-state index in [4.69, 9.17) is 11.5 Å². The van der Waals surface area contributed by atoms with Gasteiger partial charge in [0, 0.05) is 44.8 Å². The van der Waals surface area contributed by atoms with Gasteiger partial charge in [0.2, 0.25) is 0 Å². The van der Waals surface area contributed by atoms with Gasteiger partial charge in [-0.2, -0.15) is 5.26 Å². The van der Waals surface area contributed by atoms with Crippen molar-refractivity contribution in [3.05, 3.63) is 107 Å². The minimum atomic E-state index is -0.915. The Kier molecular flexibility index (Phi) is 12.3. The van der Waals surface area contributed by atoms with Crippen molar-refractivity contribution in [2.75, 3.05) is 21.3 Å². The summed E-state index contributed by atoms with van der Waals surface area (Å²) in [4.78, 5) is 25.2. The quantitative estimate of drug-likeness (QED) is 0.0590. The molecule has 3 atom stereocenters. The molecule has 0 heterocycles. The van der Waals surface area contributed by atoms with E-state index in [1.54, 1.807) is 25.1 Å². The van der Waals surface area contributed by atoms with Crippen LogP contribution in [0.15, 0.2) is 84.9 Å². The lowest BCUT2D eigenvalue weighted by atomic mass is 9.64. The molecule has 53 heavy (non-hydrogen) atoms. The Hall–Kier alpha value is -5.33. The largest absolute Gasteiger partial charge is 0.380 e. The maximum atomic E-state index is 12.8. The van der Waals surface area contributed by atoms with Crippen LogP contribution in [-0.4, -0.2) is 28.3 Å². The standard InChI is InChI=1S/C44H57N7O2/c1-10-41(5,6)50-35-23-25-38(36(27-35)40(46)53)49-33-20-16-31(17-21-33)42(7,11-2)44(9,13-4)51-34-22-24-37(30(26-34)28-45)48-32-18-14-29(15-19-32)39(52)43(8,47)12-3/h14-27,48-51H,10-13,47H2,1-9H3,(H2,46,53). The summed E-state index contributed by atoms with van der Waals surface area (Å²) in [5.74, 6) is -0.599. The molecule has 0 radical (unpaired) electrons. The van der Waals surface area contributed by atoms with Crippen LogP contribution in [0.3, 0.4) is 0 Å². The number of anilines is 6. The second kappa shape index (κ2) is 16.1. The molecule has 0 saturated carbocycles. The number of primary amides is 1. The highest BCUT2D eigenvalue weighted by Crippen LogP contribution is 2.43. The van der Waals surface area contributed by atoms with E-state index in [1.165, 1.54) is 0 Å². The molecule has 0 aliphatic carbocycles. The molecule has 8 N–H and O–H groups in total. The van der Waals surface area contributed by atoms with E-state index in [1.807, 2.05) is 61.5 Å². The minimum absolute atomic E-state index is 0.102. The van der Waals surface area contributed by atoms with Gasteiger partial charge in [-0.15, -0.1) is 0 Å². The van der Waals surface area contributed by atoms with E-state index in [0.717, 1.165) is 47.6 Å². The molecule has 0 aliphatic rings. The van der Waals surface area contributed by atoms with Crippen molar-refractivity contribution >= 4 is 45.8 Å². The van der Waals surface area contributed by atoms with Gasteiger partial charge in [-0.05, 0) is 132 Å². The van der Waals surface area contributed by atoms with Crippen LogP contribution >= 0.6 is 0 Å². The fourth-order valence-corrected chi connectivity index (χ4v) is 6.51. The van der Waals surface area contributed by atoms with Crippen LogP contribution in [0.4, 0.5) is 34.1 Å². The number of hydrogen-bond acceptors (Lipinski definition) is 8. The number of amides is 1. The number of nitrogens with zero attached hydrogens (tertiary/aromatic N) is 1. The lowest BCUT2D eigenvalue weighted by Gasteiger charge is -2.48. The van der Waals surface area contributed by atoms with Crippen LogP contribution in [0, 0.1) is 11.3 Å². The zero-order valence-corrected chi connectivity index (χ0v) is 32.8. The first kappa shape index (κ1) is 40.4. The highest BCUT2D eigenvalue weighted by molar-refractivity contribution is 6.03. The Labute approximate surface area is 315 Å². The summed E-state index contributed by atoms with van der Waals surface area (Å²) in [5.41, 5.74) is 17.5. The first-order chi connectivity index (χ1) is 24.9. The van der Waals surface area contributed by atoms with Gasteiger partial charge in [0.25, 0.3) is 5.91 Å². The van der Waals surface area contributed by atoms with Gasteiger partial charge in [-0.3, -0.25) is 9.59 Å². The monoisotopic (exact) mass is 715 g/mol. The summed E-state index contributed by atoms with van der Waals surface area (Å²) < 4.78 is 0. The molecule has 0 spiro atoms. The summed E-state index contributed by atoms with van der Waals surface area (Å²) >= 11 is 0. The van der Waals surface area contributed by atoms with Crippen LogP contribution in [0.5, 0.6) is 0 Å². The van der Waals surface area contributed by atoms with E-state index in [0.29, 0.717) is 34.5 Å². The first-order valence-corrected chi connectivity index (χ1v) is 18.6. The molecule has 0 bridgehead atoms. The predicted octanol–water partition coefficient (Wildman–Crippen LogP) is 10.0.